The molecule has 0 saturated heterocycles. The van der Waals surface area contributed by atoms with Gasteiger partial charge < -0.3 is 0 Å². The lowest BCUT2D eigenvalue weighted by molar-refractivity contribution is -0.118. The number of para-hydroxylation sites is 1. The third kappa shape index (κ3) is 2.99. The van der Waals surface area contributed by atoms with Crippen LogP contribution in [0.2, 0.25) is 0 Å². The number of carbonyl (C=O) groups excluding carboxylic acids is 1. The molecule has 0 saturated carbocycles. The first kappa shape index (κ1) is 16.7. The molecule has 3 nitrogen and oxygen atoms in total. The van der Waals surface area contributed by atoms with Crippen molar-refractivity contribution in [3.63, 3.8) is 0 Å². The topological polar surface area (TPSA) is 32.7 Å². The summed E-state index contributed by atoms with van der Waals surface area (Å²) in [6, 6.07) is 19.4. The Balaban J connectivity index is 2.01. The van der Waals surface area contributed by atoms with Crippen LogP contribution >= 0.6 is 43.6 Å². The number of carbonyl (C=O) groups is 1. The average molecular weight is 454 g/mol. The van der Waals surface area contributed by atoms with E-state index < -0.39 is 4.45 Å². The fourth-order valence-corrected chi connectivity index (χ4v) is 4.37. The molecule has 1 amide bonds. The van der Waals surface area contributed by atoms with E-state index in [0.717, 1.165) is 11.3 Å². The normalized spacial score (nSPS) is 22.1. The first-order chi connectivity index (χ1) is 11.1. The number of nitrogens with zero attached hydrogens (tertiary/aromatic N) is 2. The summed E-state index contributed by atoms with van der Waals surface area (Å²) in [6.07, 6.45) is 1.92. The molecule has 1 heterocycles. The van der Waals surface area contributed by atoms with Gasteiger partial charge in [0.1, 0.15) is 0 Å². The standard InChI is InChI=1S/C17H14Br2N2OS/c1-23-16-20-17(19,14(18)12-8-4-2-5-9-12)15(22)21(16)13-10-6-3-7-11-13/h2-11,14H,1H3. The number of aliphatic imine (C=N–C) groups is 1. The summed E-state index contributed by atoms with van der Waals surface area (Å²) in [7, 11) is 0. The Bertz CT molecular complexity index is 739. The second-order valence-corrected chi connectivity index (χ2v) is 7.92. The van der Waals surface area contributed by atoms with Crippen LogP contribution in [0.4, 0.5) is 5.69 Å². The molecular formula is C17H14Br2N2OS. The predicted octanol–water partition coefficient (Wildman–Crippen LogP) is 4.98. The SMILES string of the molecule is CSC1=NC(Br)(C(Br)c2ccccc2)C(=O)N1c1ccccc1. The molecule has 0 radical (unpaired) electrons. The fourth-order valence-electron chi connectivity index (χ4n) is 2.43. The Labute approximate surface area is 156 Å². The van der Waals surface area contributed by atoms with Crippen molar-refractivity contribution < 1.29 is 4.79 Å². The van der Waals surface area contributed by atoms with E-state index in [-0.39, 0.29) is 10.7 Å². The van der Waals surface area contributed by atoms with Gasteiger partial charge in [-0.15, -0.1) is 0 Å². The van der Waals surface area contributed by atoms with Gasteiger partial charge in [0, 0.05) is 0 Å². The number of halogens is 2. The molecule has 2 unspecified atom stereocenters. The molecule has 2 atom stereocenters. The minimum atomic E-state index is -1.05. The smallest absolute Gasteiger partial charge is 0.270 e. The lowest BCUT2D eigenvalue weighted by Gasteiger charge is -2.25. The quantitative estimate of drug-likeness (QED) is 0.485. The number of rotatable bonds is 3. The van der Waals surface area contributed by atoms with Crippen molar-refractivity contribution in [3.05, 3.63) is 66.2 Å². The Hall–Kier alpha value is -1.11. The molecule has 0 aliphatic carbocycles. The molecule has 1 aliphatic rings. The predicted molar refractivity (Wildman–Crippen MR) is 105 cm³/mol. The van der Waals surface area contributed by atoms with Crippen LogP contribution in [0.3, 0.4) is 0 Å². The molecule has 23 heavy (non-hydrogen) atoms. The summed E-state index contributed by atoms with van der Waals surface area (Å²) >= 11 is 8.71. The number of hydrogen-bond donors (Lipinski definition) is 0. The van der Waals surface area contributed by atoms with Crippen molar-refractivity contribution in [2.75, 3.05) is 11.2 Å². The van der Waals surface area contributed by atoms with Gasteiger partial charge in [-0.1, -0.05) is 76.2 Å². The Morgan fingerprint density at radius 1 is 1.09 bits per heavy atom. The Kier molecular flexibility index (Phi) is 4.94. The fraction of sp³-hybridized carbons (Fsp3) is 0.176. The van der Waals surface area contributed by atoms with Gasteiger partial charge >= 0.3 is 0 Å². The molecule has 118 valence electrons. The molecule has 1 aliphatic heterocycles. The molecule has 0 aromatic heterocycles. The van der Waals surface area contributed by atoms with E-state index in [1.807, 2.05) is 66.9 Å². The molecule has 0 fully saturated rings. The van der Waals surface area contributed by atoms with Crippen molar-refractivity contribution in [1.82, 2.24) is 0 Å². The molecule has 2 aromatic rings. The number of thioether (sulfide) groups is 1. The van der Waals surface area contributed by atoms with Gasteiger partial charge in [0.2, 0.25) is 4.45 Å². The van der Waals surface area contributed by atoms with E-state index in [9.17, 15) is 4.79 Å². The van der Waals surface area contributed by atoms with Gasteiger partial charge in [0.15, 0.2) is 5.17 Å². The van der Waals surface area contributed by atoms with Crippen LogP contribution in [0, 0.1) is 0 Å². The van der Waals surface area contributed by atoms with Crippen LogP contribution < -0.4 is 4.90 Å². The number of hydrogen-bond acceptors (Lipinski definition) is 3. The minimum Gasteiger partial charge on any atom is -0.270 e. The van der Waals surface area contributed by atoms with E-state index in [0.29, 0.717) is 5.17 Å². The van der Waals surface area contributed by atoms with Crippen molar-refractivity contribution in [2.45, 2.75) is 9.28 Å². The highest BCUT2D eigenvalue weighted by molar-refractivity contribution is 9.12. The molecule has 0 N–H and O–H groups in total. The summed E-state index contributed by atoms with van der Waals surface area (Å²) in [5, 5.41) is 0.679. The second kappa shape index (κ2) is 6.79. The highest BCUT2D eigenvalue weighted by Crippen LogP contribution is 2.47. The van der Waals surface area contributed by atoms with Crippen LogP contribution in [-0.2, 0) is 4.79 Å². The van der Waals surface area contributed by atoms with Crippen LogP contribution in [0.5, 0.6) is 0 Å². The largest absolute Gasteiger partial charge is 0.273 e. The molecule has 0 bridgehead atoms. The summed E-state index contributed by atoms with van der Waals surface area (Å²) in [6.45, 7) is 0. The maximum absolute atomic E-state index is 13.1. The zero-order valence-electron chi connectivity index (χ0n) is 12.3. The van der Waals surface area contributed by atoms with E-state index in [1.165, 1.54) is 11.8 Å². The van der Waals surface area contributed by atoms with Gasteiger partial charge in [0.25, 0.3) is 5.91 Å². The van der Waals surface area contributed by atoms with Crippen molar-refractivity contribution >= 4 is 60.4 Å². The zero-order valence-corrected chi connectivity index (χ0v) is 16.3. The number of amidine groups is 1. The molecule has 6 heteroatoms. The molecular weight excluding hydrogens is 440 g/mol. The summed E-state index contributed by atoms with van der Waals surface area (Å²) in [5.74, 6) is -0.0984. The second-order valence-electron chi connectivity index (χ2n) is 5.02. The van der Waals surface area contributed by atoms with Crippen molar-refractivity contribution in [2.24, 2.45) is 4.99 Å². The van der Waals surface area contributed by atoms with Gasteiger partial charge in [0.05, 0.1) is 10.5 Å². The molecule has 0 spiro atoms. The number of amides is 1. The Morgan fingerprint density at radius 3 is 2.22 bits per heavy atom. The van der Waals surface area contributed by atoms with Gasteiger partial charge in [-0.2, -0.15) is 0 Å². The van der Waals surface area contributed by atoms with Gasteiger partial charge in [-0.3, -0.25) is 9.69 Å². The first-order valence-electron chi connectivity index (χ1n) is 6.99. The molecule has 3 rings (SSSR count). The summed E-state index contributed by atoms with van der Waals surface area (Å²) in [4.78, 5) is 19.2. The van der Waals surface area contributed by atoms with Gasteiger partial charge in [-0.25, -0.2) is 4.99 Å². The van der Waals surface area contributed by atoms with Crippen LogP contribution in [0.15, 0.2) is 65.7 Å². The number of alkyl halides is 2. The lowest BCUT2D eigenvalue weighted by Crippen LogP contribution is -2.40. The highest BCUT2D eigenvalue weighted by Gasteiger charge is 2.52. The highest BCUT2D eigenvalue weighted by atomic mass is 79.9. The maximum atomic E-state index is 13.1. The summed E-state index contributed by atoms with van der Waals surface area (Å²) in [5.41, 5.74) is 1.82. The maximum Gasteiger partial charge on any atom is 0.273 e. The number of anilines is 1. The van der Waals surface area contributed by atoms with Crippen LogP contribution in [-0.4, -0.2) is 21.8 Å². The Morgan fingerprint density at radius 2 is 1.65 bits per heavy atom. The van der Waals surface area contributed by atoms with Gasteiger partial charge in [-0.05, 0) is 39.9 Å². The van der Waals surface area contributed by atoms with E-state index in [1.54, 1.807) is 4.90 Å². The van der Waals surface area contributed by atoms with E-state index >= 15 is 0 Å². The molecule has 2 aromatic carbocycles. The monoisotopic (exact) mass is 452 g/mol. The third-order valence-corrected chi connectivity index (χ3v) is 7.00. The third-order valence-electron chi connectivity index (χ3n) is 3.58. The van der Waals surface area contributed by atoms with Crippen LogP contribution in [0.1, 0.15) is 10.4 Å². The zero-order chi connectivity index (χ0) is 16.4. The van der Waals surface area contributed by atoms with Crippen molar-refractivity contribution in [1.29, 1.82) is 0 Å². The van der Waals surface area contributed by atoms with Crippen LogP contribution in [0.25, 0.3) is 0 Å². The first-order valence-corrected chi connectivity index (χ1v) is 9.92. The van der Waals surface area contributed by atoms with E-state index in [2.05, 4.69) is 36.9 Å². The summed E-state index contributed by atoms with van der Waals surface area (Å²) < 4.78 is -1.05. The minimum absolute atomic E-state index is 0.0984. The number of benzene rings is 2. The average Bonchev–Trinajstić information content (AvgIpc) is 2.88. The van der Waals surface area contributed by atoms with E-state index in [4.69, 9.17) is 0 Å². The lowest BCUT2D eigenvalue weighted by atomic mass is 10.1. The van der Waals surface area contributed by atoms with Crippen molar-refractivity contribution in [3.8, 4) is 0 Å².